The van der Waals surface area contributed by atoms with E-state index in [4.69, 9.17) is 5.11 Å². The zero-order valence-corrected chi connectivity index (χ0v) is 10.4. The van der Waals surface area contributed by atoms with Crippen molar-refractivity contribution < 1.29 is 9.90 Å². The molecule has 0 aromatic heterocycles. The number of benzene rings is 2. The molecule has 2 rings (SSSR count). The van der Waals surface area contributed by atoms with Gasteiger partial charge >= 0.3 is 5.97 Å². The van der Waals surface area contributed by atoms with Crippen LogP contribution in [0.2, 0.25) is 0 Å². The van der Waals surface area contributed by atoms with Crippen LogP contribution in [0.4, 0.5) is 0 Å². The number of hydrogen-bond donors (Lipinski definition) is 1. The smallest absolute Gasteiger partial charge is 0.328 e. The first-order chi connectivity index (χ1) is 9.20. The highest BCUT2D eigenvalue weighted by Crippen LogP contribution is 2.24. The maximum absolute atomic E-state index is 10.4. The molecule has 94 valence electrons. The lowest BCUT2D eigenvalue weighted by Crippen LogP contribution is -1.86. The largest absolute Gasteiger partial charge is 0.478 e. The molecule has 0 spiro atoms. The van der Waals surface area contributed by atoms with E-state index in [1.807, 2.05) is 54.6 Å². The minimum Gasteiger partial charge on any atom is -0.478 e. The number of hydrogen-bond acceptors (Lipinski definition) is 1. The van der Waals surface area contributed by atoms with Crippen molar-refractivity contribution in [3.8, 4) is 11.1 Å². The van der Waals surface area contributed by atoms with Crippen LogP contribution in [-0.4, -0.2) is 11.1 Å². The molecule has 0 aliphatic rings. The molecular weight excluding hydrogens is 236 g/mol. The quantitative estimate of drug-likeness (QED) is 0.830. The van der Waals surface area contributed by atoms with E-state index in [1.54, 1.807) is 6.08 Å². The van der Waals surface area contributed by atoms with Crippen LogP contribution < -0.4 is 0 Å². The number of carboxylic acids is 1. The van der Waals surface area contributed by atoms with Gasteiger partial charge in [0.1, 0.15) is 0 Å². The summed E-state index contributed by atoms with van der Waals surface area (Å²) in [5.74, 6) is -0.943. The highest BCUT2D eigenvalue weighted by atomic mass is 16.4. The van der Waals surface area contributed by atoms with E-state index in [0.717, 1.165) is 28.3 Å². The molecule has 0 bridgehead atoms. The van der Waals surface area contributed by atoms with Gasteiger partial charge in [0.15, 0.2) is 0 Å². The third kappa shape index (κ3) is 3.19. The van der Waals surface area contributed by atoms with Crippen LogP contribution in [0.1, 0.15) is 11.1 Å². The van der Waals surface area contributed by atoms with Crippen LogP contribution in [0.3, 0.4) is 0 Å². The van der Waals surface area contributed by atoms with Gasteiger partial charge in [0.2, 0.25) is 0 Å². The maximum Gasteiger partial charge on any atom is 0.328 e. The maximum atomic E-state index is 10.4. The molecule has 0 heterocycles. The highest BCUT2D eigenvalue weighted by Gasteiger charge is 2.01. The predicted octanol–water partition coefficient (Wildman–Crippen LogP) is 4.09. The van der Waals surface area contributed by atoms with Crippen LogP contribution in [0.15, 0.2) is 61.2 Å². The molecule has 2 aromatic carbocycles. The first-order valence-electron chi connectivity index (χ1n) is 5.93. The predicted molar refractivity (Wildman–Crippen MR) is 78.6 cm³/mol. The molecule has 2 nitrogen and oxygen atoms in total. The second-order valence-electron chi connectivity index (χ2n) is 4.08. The number of carboxylic acid groups (broad SMARTS) is 1. The van der Waals surface area contributed by atoms with Gasteiger partial charge in [-0.15, -0.1) is 0 Å². The van der Waals surface area contributed by atoms with Crippen molar-refractivity contribution in [2.75, 3.05) is 0 Å². The Morgan fingerprint density at radius 3 is 2.37 bits per heavy atom. The van der Waals surface area contributed by atoms with Crippen LogP contribution in [0.25, 0.3) is 23.3 Å². The van der Waals surface area contributed by atoms with Crippen LogP contribution >= 0.6 is 0 Å². The second kappa shape index (κ2) is 5.83. The van der Waals surface area contributed by atoms with Crippen molar-refractivity contribution in [3.05, 3.63) is 72.3 Å². The highest BCUT2D eigenvalue weighted by molar-refractivity contribution is 5.85. The van der Waals surface area contributed by atoms with E-state index >= 15 is 0 Å². The van der Waals surface area contributed by atoms with E-state index in [9.17, 15) is 4.79 Å². The fraction of sp³-hybridized carbons (Fsp3) is 0. The Bertz CT molecular complexity index is 622. The first kappa shape index (κ1) is 12.8. The molecule has 0 saturated heterocycles. The van der Waals surface area contributed by atoms with Crippen molar-refractivity contribution in [2.45, 2.75) is 0 Å². The Kier molecular flexibility index (Phi) is 3.94. The van der Waals surface area contributed by atoms with Crippen molar-refractivity contribution in [3.63, 3.8) is 0 Å². The molecule has 0 saturated carbocycles. The lowest BCUT2D eigenvalue weighted by atomic mass is 9.99. The van der Waals surface area contributed by atoms with Gasteiger partial charge in [-0.2, -0.15) is 0 Å². The number of rotatable bonds is 4. The SMILES string of the molecule is C=Cc1ccccc1-c1ccc(/C=C/C(=O)O)cc1. The Balaban J connectivity index is 2.32. The second-order valence-corrected chi connectivity index (χ2v) is 4.08. The van der Waals surface area contributed by atoms with Gasteiger partial charge in [-0.3, -0.25) is 0 Å². The van der Waals surface area contributed by atoms with Crippen molar-refractivity contribution in [1.29, 1.82) is 0 Å². The summed E-state index contributed by atoms with van der Waals surface area (Å²) in [5.41, 5.74) is 4.15. The Morgan fingerprint density at radius 2 is 1.74 bits per heavy atom. The molecular formula is C17H14O2. The van der Waals surface area contributed by atoms with Crippen molar-refractivity contribution >= 4 is 18.1 Å². The van der Waals surface area contributed by atoms with Crippen molar-refractivity contribution in [1.82, 2.24) is 0 Å². The summed E-state index contributed by atoms with van der Waals surface area (Å²) < 4.78 is 0. The van der Waals surface area contributed by atoms with Gasteiger partial charge in [-0.05, 0) is 28.3 Å². The lowest BCUT2D eigenvalue weighted by molar-refractivity contribution is -0.131. The molecule has 0 fully saturated rings. The Hall–Kier alpha value is -2.61. The molecule has 0 unspecified atom stereocenters. The molecule has 19 heavy (non-hydrogen) atoms. The van der Waals surface area contributed by atoms with E-state index in [1.165, 1.54) is 0 Å². The molecule has 0 aliphatic carbocycles. The summed E-state index contributed by atoms with van der Waals surface area (Å²) in [6, 6.07) is 15.8. The fourth-order valence-electron chi connectivity index (χ4n) is 1.88. The van der Waals surface area contributed by atoms with E-state index in [0.29, 0.717) is 0 Å². The normalized spacial score (nSPS) is 10.5. The molecule has 0 radical (unpaired) electrons. The van der Waals surface area contributed by atoms with E-state index in [2.05, 4.69) is 6.58 Å². The van der Waals surface area contributed by atoms with Gasteiger partial charge in [0, 0.05) is 6.08 Å². The molecule has 0 aliphatic heterocycles. The van der Waals surface area contributed by atoms with Gasteiger partial charge in [0.25, 0.3) is 0 Å². The van der Waals surface area contributed by atoms with Gasteiger partial charge in [0.05, 0.1) is 0 Å². The lowest BCUT2D eigenvalue weighted by Gasteiger charge is -2.06. The first-order valence-corrected chi connectivity index (χ1v) is 5.93. The number of carbonyl (C=O) groups is 1. The molecule has 1 N–H and O–H groups in total. The summed E-state index contributed by atoms with van der Waals surface area (Å²) in [4.78, 5) is 10.4. The zero-order valence-electron chi connectivity index (χ0n) is 10.4. The van der Waals surface area contributed by atoms with Crippen LogP contribution in [-0.2, 0) is 4.79 Å². The third-order valence-corrected chi connectivity index (χ3v) is 2.82. The summed E-state index contributed by atoms with van der Waals surface area (Å²) in [6.07, 6.45) is 4.53. The Labute approximate surface area is 112 Å². The van der Waals surface area contributed by atoms with Gasteiger partial charge in [-0.25, -0.2) is 4.79 Å². The van der Waals surface area contributed by atoms with Gasteiger partial charge < -0.3 is 5.11 Å². The molecule has 2 heteroatoms. The summed E-state index contributed by atoms with van der Waals surface area (Å²) >= 11 is 0. The van der Waals surface area contributed by atoms with Crippen LogP contribution in [0, 0.1) is 0 Å². The average molecular weight is 250 g/mol. The average Bonchev–Trinajstić information content (AvgIpc) is 2.45. The fourth-order valence-corrected chi connectivity index (χ4v) is 1.88. The molecule has 2 aromatic rings. The standard InChI is InChI=1S/C17H14O2/c1-2-14-5-3-4-6-16(14)15-10-7-13(8-11-15)9-12-17(18)19/h2-12H,1H2,(H,18,19)/b12-9+. The molecule has 0 amide bonds. The summed E-state index contributed by atoms with van der Waals surface area (Å²) in [7, 11) is 0. The van der Waals surface area contributed by atoms with E-state index in [-0.39, 0.29) is 0 Å². The minimum absolute atomic E-state index is 0.863. The van der Waals surface area contributed by atoms with Gasteiger partial charge in [-0.1, -0.05) is 61.2 Å². The monoisotopic (exact) mass is 250 g/mol. The minimum atomic E-state index is -0.943. The van der Waals surface area contributed by atoms with Crippen molar-refractivity contribution in [2.24, 2.45) is 0 Å². The molecule has 0 atom stereocenters. The van der Waals surface area contributed by atoms with Crippen LogP contribution in [0.5, 0.6) is 0 Å². The topological polar surface area (TPSA) is 37.3 Å². The summed E-state index contributed by atoms with van der Waals surface area (Å²) in [5, 5.41) is 8.58. The number of aliphatic carboxylic acids is 1. The zero-order chi connectivity index (χ0) is 13.7. The Morgan fingerprint density at radius 1 is 1.05 bits per heavy atom. The third-order valence-electron chi connectivity index (χ3n) is 2.82. The van der Waals surface area contributed by atoms with E-state index < -0.39 is 5.97 Å². The summed E-state index contributed by atoms with van der Waals surface area (Å²) in [6.45, 7) is 3.81.